The van der Waals surface area contributed by atoms with Gasteiger partial charge in [0.15, 0.2) is 0 Å². The lowest BCUT2D eigenvalue weighted by atomic mass is 9.87. The van der Waals surface area contributed by atoms with E-state index in [0.717, 1.165) is 24.0 Å². The van der Waals surface area contributed by atoms with Gasteiger partial charge in [0.2, 0.25) is 0 Å². The molecule has 2 aromatic carbocycles. The zero-order chi connectivity index (χ0) is 11.9. The van der Waals surface area contributed by atoms with E-state index in [-0.39, 0.29) is 0 Å². The fraction of sp³-hybridized carbons (Fsp3) is 0.250. The summed E-state index contributed by atoms with van der Waals surface area (Å²) in [6, 6.07) is 16.4. The maximum absolute atomic E-state index is 10.9. The Bertz CT molecular complexity index is 545. The molecule has 0 amide bonds. The molecule has 0 aromatic heterocycles. The Labute approximate surface area is 102 Å². The number of fused-ring (bicyclic) bond motifs is 1. The molecule has 1 aliphatic carbocycles. The van der Waals surface area contributed by atoms with Crippen LogP contribution in [0.2, 0.25) is 0 Å². The fourth-order valence-corrected chi connectivity index (χ4v) is 2.76. The van der Waals surface area contributed by atoms with E-state index in [2.05, 4.69) is 25.1 Å². The van der Waals surface area contributed by atoms with E-state index >= 15 is 0 Å². The van der Waals surface area contributed by atoms with E-state index < -0.39 is 5.60 Å². The predicted octanol–water partition coefficient (Wildman–Crippen LogP) is 3.18. The lowest BCUT2D eigenvalue weighted by molar-refractivity contribution is 0.0829. The first kappa shape index (κ1) is 10.5. The van der Waals surface area contributed by atoms with Crippen LogP contribution in [0.1, 0.15) is 28.7 Å². The van der Waals surface area contributed by atoms with Crippen molar-refractivity contribution < 1.29 is 5.11 Å². The monoisotopic (exact) mass is 224 g/mol. The second kappa shape index (κ2) is 3.71. The summed E-state index contributed by atoms with van der Waals surface area (Å²) in [5, 5.41) is 10.9. The molecule has 1 N–H and O–H groups in total. The van der Waals surface area contributed by atoms with Gasteiger partial charge in [0, 0.05) is 0 Å². The third kappa shape index (κ3) is 1.58. The zero-order valence-corrected chi connectivity index (χ0v) is 9.98. The average Bonchev–Trinajstić information content (AvgIpc) is 2.70. The number of hydrogen-bond acceptors (Lipinski definition) is 1. The Morgan fingerprint density at radius 1 is 1.06 bits per heavy atom. The standard InChI is InChI=1S/C16H16O/c1-12-7-8-13-9-10-16(17,15(13)11-12)14-5-3-2-4-6-14/h2-8,11,17H,9-10H2,1H3. The Hall–Kier alpha value is -1.60. The van der Waals surface area contributed by atoms with Crippen LogP contribution in [-0.2, 0) is 12.0 Å². The largest absolute Gasteiger partial charge is 0.380 e. The zero-order valence-electron chi connectivity index (χ0n) is 9.98. The topological polar surface area (TPSA) is 20.2 Å². The van der Waals surface area contributed by atoms with Crippen molar-refractivity contribution in [3.05, 3.63) is 70.8 Å². The van der Waals surface area contributed by atoms with Crippen LogP contribution >= 0.6 is 0 Å². The van der Waals surface area contributed by atoms with Gasteiger partial charge < -0.3 is 5.11 Å². The summed E-state index contributed by atoms with van der Waals surface area (Å²) in [5.41, 5.74) is 3.79. The van der Waals surface area contributed by atoms with Gasteiger partial charge in [-0.25, -0.2) is 0 Å². The minimum absolute atomic E-state index is 0.788. The van der Waals surface area contributed by atoms with Crippen molar-refractivity contribution in [1.82, 2.24) is 0 Å². The van der Waals surface area contributed by atoms with Crippen molar-refractivity contribution >= 4 is 0 Å². The summed E-state index contributed by atoms with van der Waals surface area (Å²) in [6.45, 7) is 2.07. The molecule has 0 bridgehead atoms. The summed E-state index contributed by atoms with van der Waals surface area (Å²) in [5.74, 6) is 0. The van der Waals surface area contributed by atoms with Crippen LogP contribution in [0.3, 0.4) is 0 Å². The van der Waals surface area contributed by atoms with Crippen LogP contribution in [-0.4, -0.2) is 5.11 Å². The number of aliphatic hydroxyl groups is 1. The summed E-state index contributed by atoms with van der Waals surface area (Å²) in [4.78, 5) is 0. The Kier molecular flexibility index (Phi) is 2.30. The molecule has 0 fully saturated rings. The van der Waals surface area contributed by atoms with Crippen molar-refractivity contribution in [2.24, 2.45) is 0 Å². The van der Waals surface area contributed by atoms with E-state index in [9.17, 15) is 5.11 Å². The highest BCUT2D eigenvalue weighted by Gasteiger charge is 2.37. The van der Waals surface area contributed by atoms with E-state index in [1.807, 2.05) is 30.3 Å². The number of rotatable bonds is 1. The lowest BCUT2D eigenvalue weighted by Crippen LogP contribution is -2.23. The van der Waals surface area contributed by atoms with Crippen molar-refractivity contribution in [3.63, 3.8) is 0 Å². The molecule has 1 aliphatic rings. The molecule has 0 heterocycles. The van der Waals surface area contributed by atoms with Gasteiger partial charge in [-0.3, -0.25) is 0 Å². The SMILES string of the molecule is Cc1ccc2c(c1)C(O)(c1ccccc1)CC2. The predicted molar refractivity (Wildman–Crippen MR) is 68.9 cm³/mol. The Balaban J connectivity index is 2.16. The van der Waals surface area contributed by atoms with Gasteiger partial charge in [-0.2, -0.15) is 0 Å². The van der Waals surface area contributed by atoms with Crippen LogP contribution in [0, 0.1) is 6.92 Å². The third-order valence-corrected chi connectivity index (χ3v) is 3.72. The molecule has 1 atom stereocenters. The maximum atomic E-state index is 10.9. The molecule has 3 rings (SSSR count). The molecule has 0 aliphatic heterocycles. The van der Waals surface area contributed by atoms with Crippen LogP contribution in [0.25, 0.3) is 0 Å². The second-order valence-corrected chi connectivity index (χ2v) is 4.89. The van der Waals surface area contributed by atoms with Crippen LogP contribution in [0.15, 0.2) is 48.5 Å². The van der Waals surface area contributed by atoms with Gasteiger partial charge in [0.25, 0.3) is 0 Å². The molecule has 1 heteroatoms. The van der Waals surface area contributed by atoms with Crippen molar-refractivity contribution in [1.29, 1.82) is 0 Å². The van der Waals surface area contributed by atoms with Crippen LogP contribution in [0.5, 0.6) is 0 Å². The highest BCUT2D eigenvalue weighted by molar-refractivity contribution is 5.46. The van der Waals surface area contributed by atoms with Gasteiger partial charge in [-0.1, -0.05) is 54.1 Å². The van der Waals surface area contributed by atoms with Gasteiger partial charge >= 0.3 is 0 Å². The summed E-state index contributed by atoms with van der Waals surface area (Å²) in [7, 11) is 0. The lowest BCUT2D eigenvalue weighted by Gasteiger charge is -2.25. The molecule has 2 aromatic rings. The van der Waals surface area contributed by atoms with Gasteiger partial charge in [0.05, 0.1) is 0 Å². The smallest absolute Gasteiger partial charge is 0.115 e. The average molecular weight is 224 g/mol. The molecular weight excluding hydrogens is 208 g/mol. The molecule has 0 radical (unpaired) electrons. The van der Waals surface area contributed by atoms with E-state index in [1.54, 1.807) is 0 Å². The molecule has 0 saturated heterocycles. The number of hydrogen-bond donors (Lipinski definition) is 1. The molecular formula is C16H16O. The van der Waals surface area contributed by atoms with Gasteiger partial charge in [-0.15, -0.1) is 0 Å². The fourth-order valence-electron chi connectivity index (χ4n) is 2.76. The van der Waals surface area contributed by atoms with Crippen molar-refractivity contribution in [2.45, 2.75) is 25.4 Å². The Morgan fingerprint density at radius 3 is 2.59 bits per heavy atom. The summed E-state index contributed by atoms with van der Waals surface area (Å²) in [6.07, 6.45) is 1.75. The summed E-state index contributed by atoms with van der Waals surface area (Å²) < 4.78 is 0. The number of benzene rings is 2. The van der Waals surface area contributed by atoms with Gasteiger partial charge in [0.1, 0.15) is 5.60 Å². The van der Waals surface area contributed by atoms with E-state index in [4.69, 9.17) is 0 Å². The minimum Gasteiger partial charge on any atom is -0.380 e. The van der Waals surface area contributed by atoms with Crippen LogP contribution in [0.4, 0.5) is 0 Å². The molecule has 0 saturated carbocycles. The first-order chi connectivity index (χ1) is 8.20. The van der Waals surface area contributed by atoms with Crippen molar-refractivity contribution in [2.75, 3.05) is 0 Å². The quantitative estimate of drug-likeness (QED) is 0.788. The van der Waals surface area contributed by atoms with Crippen LogP contribution < -0.4 is 0 Å². The molecule has 86 valence electrons. The normalized spacial score (nSPS) is 22.5. The Morgan fingerprint density at radius 2 is 1.82 bits per heavy atom. The molecule has 17 heavy (non-hydrogen) atoms. The number of aryl methyl sites for hydroxylation is 2. The second-order valence-electron chi connectivity index (χ2n) is 4.89. The third-order valence-electron chi connectivity index (χ3n) is 3.72. The molecule has 1 nitrogen and oxygen atoms in total. The summed E-state index contributed by atoms with van der Waals surface area (Å²) >= 11 is 0. The first-order valence-electron chi connectivity index (χ1n) is 6.08. The minimum atomic E-state index is -0.789. The molecule has 1 unspecified atom stereocenters. The van der Waals surface area contributed by atoms with E-state index in [1.165, 1.54) is 11.1 Å². The highest BCUT2D eigenvalue weighted by Crippen LogP contribution is 2.42. The van der Waals surface area contributed by atoms with E-state index in [0.29, 0.717) is 0 Å². The first-order valence-corrected chi connectivity index (χ1v) is 6.08. The molecule has 0 spiro atoms. The highest BCUT2D eigenvalue weighted by atomic mass is 16.3. The van der Waals surface area contributed by atoms with Crippen molar-refractivity contribution in [3.8, 4) is 0 Å². The van der Waals surface area contributed by atoms with Gasteiger partial charge in [-0.05, 0) is 36.5 Å². The maximum Gasteiger partial charge on any atom is 0.115 e.